The van der Waals surface area contributed by atoms with E-state index in [2.05, 4.69) is 17.6 Å². The van der Waals surface area contributed by atoms with Gasteiger partial charge in [0.25, 0.3) is 5.91 Å². The maximum Gasteiger partial charge on any atom is 0.325 e. The molecule has 2 rings (SSSR count). The third-order valence-corrected chi connectivity index (χ3v) is 4.48. The molecule has 2 N–H and O–H groups in total. The molecule has 1 aliphatic heterocycles. The number of rotatable bonds is 9. The van der Waals surface area contributed by atoms with E-state index in [1.54, 1.807) is 36.1 Å². The van der Waals surface area contributed by atoms with E-state index in [0.717, 1.165) is 12.8 Å². The van der Waals surface area contributed by atoms with Crippen molar-refractivity contribution in [3.8, 4) is 0 Å². The number of ether oxygens (including phenoxy) is 1. The minimum atomic E-state index is -0.501. The van der Waals surface area contributed by atoms with Gasteiger partial charge in [0.05, 0.1) is 12.5 Å². The SMILES string of the molecule is CCCCN1CC(C(=O)Nc2ccc(C(=O)NCC(=O)OCC)cc2)CC1=O. The number of nitrogens with zero attached hydrogens (tertiary/aromatic N) is 1. The second-order valence-corrected chi connectivity index (χ2v) is 6.65. The summed E-state index contributed by atoms with van der Waals surface area (Å²) in [5.41, 5.74) is 0.912. The van der Waals surface area contributed by atoms with Gasteiger partial charge in [-0.1, -0.05) is 13.3 Å². The Morgan fingerprint density at radius 1 is 1.18 bits per heavy atom. The molecule has 1 unspecified atom stereocenters. The molecule has 1 aliphatic rings. The minimum absolute atomic E-state index is 0.0159. The highest BCUT2D eigenvalue weighted by molar-refractivity contribution is 5.99. The molecule has 1 aromatic carbocycles. The van der Waals surface area contributed by atoms with Crippen LogP contribution in [0.25, 0.3) is 0 Å². The molecular formula is C20H27N3O5. The second kappa shape index (κ2) is 10.4. The summed E-state index contributed by atoms with van der Waals surface area (Å²) in [6, 6.07) is 6.35. The van der Waals surface area contributed by atoms with Crippen LogP contribution in [0, 0.1) is 5.92 Å². The number of carbonyl (C=O) groups is 4. The van der Waals surface area contributed by atoms with Crippen molar-refractivity contribution < 1.29 is 23.9 Å². The average Bonchev–Trinajstić information content (AvgIpc) is 3.06. The molecule has 1 heterocycles. The third-order valence-electron chi connectivity index (χ3n) is 4.48. The van der Waals surface area contributed by atoms with Crippen molar-refractivity contribution in [1.29, 1.82) is 0 Å². The molecule has 0 aromatic heterocycles. The Kier molecular flexibility index (Phi) is 7.98. The summed E-state index contributed by atoms with van der Waals surface area (Å²) >= 11 is 0. The first-order chi connectivity index (χ1) is 13.4. The number of amides is 3. The number of benzene rings is 1. The van der Waals surface area contributed by atoms with E-state index in [9.17, 15) is 19.2 Å². The maximum absolute atomic E-state index is 12.4. The lowest BCUT2D eigenvalue weighted by molar-refractivity contribution is -0.141. The predicted molar refractivity (Wildman–Crippen MR) is 104 cm³/mol. The minimum Gasteiger partial charge on any atom is -0.465 e. The van der Waals surface area contributed by atoms with Crippen molar-refractivity contribution in [2.24, 2.45) is 5.92 Å². The first-order valence-corrected chi connectivity index (χ1v) is 9.57. The topological polar surface area (TPSA) is 105 Å². The normalized spacial score (nSPS) is 16.0. The molecule has 3 amide bonds. The smallest absolute Gasteiger partial charge is 0.325 e. The zero-order chi connectivity index (χ0) is 20.5. The average molecular weight is 389 g/mol. The zero-order valence-electron chi connectivity index (χ0n) is 16.3. The monoisotopic (exact) mass is 389 g/mol. The van der Waals surface area contributed by atoms with Gasteiger partial charge in [-0.25, -0.2) is 0 Å². The Balaban J connectivity index is 1.85. The molecule has 0 saturated carbocycles. The molecule has 28 heavy (non-hydrogen) atoms. The molecule has 1 saturated heterocycles. The number of esters is 1. The second-order valence-electron chi connectivity index (χ2n) is 6.65. The summed E-state index contributed by atoms with van der Waals surface area (Å²) in [6.45, 7) is 4.94. The number of likely N-dealkylation sites (tertiary alicyclic amines) is 1. The highest BCUT2D eigenvalue weighted by Crippen LogP contribution is 2.20. The van der Waals surface area contributed by atoms with Crippen LogP contribution in [0.2, 0.25) is 0 Å². The Hall–Kier alpha value is -2.90. The van der Waals surface area contributed by atoms with E-state index in [0.29, 0.717) is 24.3 Å². The van der Waals surface area contributed by atoms with Crippen molar-refractivity contribution in [2.45, 2.75) is 33.1 Å². The molecule has 0 aliphatic carbocycles. The van der Waals surface area contributed by atoms with Gasteiger partial charge in [-0.3, -0.25) is 19.2 Å². The zero-order valence-corrected chi connectivity index (χ0v) is 16.3. The van der Waals surface area contributed by atoms with Crippen molar-refractivity contribution in [3.63, 3.8) is 0 Å². The summed E-state index contributed by atoms with van der Waals surface area (Å²) < 4.78 is 4.75. The van der Waals surface area contributed by atoms with Crippen LogP contribution in [0.4, 0.5) is 5.69 Å². The van der Waals surface area contributed by atoms with E-state index < -0.39 is 11.9 Å². The molecule has 1 fully saturated rings. The number of unbranched alkanes of at least 4 members (excludes halogenated alkanes) is 1. The predicted octanol–water partition coefficient (Wildman–Crippen LogP) is 1.57. The van der Waals surface area contributed by atoms with Crippen molar-refractivity contribution in [1.82, 2.24) is 10.2 Å². The van der Waals surface area contributed by atoms with Crippen LogP contribution in [0.5, 0.6) is 0 Å². The van der Waals surface area contributed by atoms with Gasteiger partial charge >= 0.3 is 5.97 Å². The molecule has 1 aromatic rings. The lowest BCUT2D eigenvalue weighted by Crippen LogP contribution is -2.30. The molecule has 0 bridgehead atoms. The van der Waals surface area contributed by atoms with Crippen LogP contribution in [0.1, 0.15) is 43.5 Å². The van der Waals surface area contributed by atoms with E-state index >= 15 is 0 Å². The number of anilines is 1. The van der Waals surface area contributed by atoms with E-state index in [1.807, 2.05) is 0 Å². The van der Waals surface area contributed by atoms with E-state index in [1.165, 1.54) is 0 Å². The summed E-state index contributed by atoms with van der Waals surface area (Å²) in [5.74, 6) is -1.45. The number of carbonyl (C=O) groups excluding carboxylic acids is 4. The van der Waals surface area contributed by atoms with Crippen molar-refractivity contribution in [2.75, 3.05) is 31.6 Å². The summed E-state index contributed by atoms with van der Waals surface area (Å²) in [7, 11) is 0. The lowest BCUT2D eigenvalue weighted by Gasteiger charge is -2.16. The Morgan fingerprint density at radius 2 is 1.89 bits per heavy atom. The van der Waals surface area contributed by atoms with E-state index in [4.69, 9.17) is 4.74 Å². The fraction of sp³-hybridized carbons (Fsp3) is 0.500. The first kappa shape index (κ1) is 21.4. The maximum atomic E-state index is 12.4. The van der Waals surface area contributed by atoms with Crippen LogP contribution in [0.3, 0.4) is 0 Å². The molecule has 8 nitrogen and oxygen atoms in total. The fourth-order valence-corrected chi connectivity index (χ4v) is 2.93. The van der Waals surface area contributed by atoms with Gasteiger partial charge in [-0.05, 0) is 37.6 Å². The number of hydrogen-bond acceptors (Lipinski definition) is 5. The molecule has 0 radical (unpaired) electrons. The Bertz CT molecular complexity index is 717. The van der Waals surface area contributed by atoms with Crippen LogP contribution in [-0.2, 0) is 19.1 Å². The van der Waals surface area contributed by atoms with Gasteiger partial charge in [0.15, 0.2) is 0 Å². The van der Waals surface area contributed by atoms with Gasteiger partial charge in [0, 0.05) is 30.8 Å². The molecule has 8 heteroatoms. The van der Waals surface area contributed by atoms with Crippen molar-refractivity contribution in [3.05, 3.63) is 29.8 Å². The highest BCUT2D eigenvalue weighted by Gasteiger charge is 2.33. The number of hydrogen-bond donors (Lipinski definition) is 2. The van der Waals surface area contributed by atoms with Crippen LogP contribution >= 0.6 is 0 Å². The number of nitrogens with one attached hydrogen (secondary N) is 2. The summed E-state index contributed by atoms with van der Waals surface area (Å²) in [6.07, 6.45) is 2.16. The molecule has 1 atom stereocenters. The Morgan fingerprint density at radius 3 is 2.54 bits per heavy atom. The van der Waals surface area contributed by atoms with Gasteiger partial charge in [-0.15, -0.1) is 0 Å². The fourth-order valence-electron chi connectivity index (χ4n) is 2.93. The van der Waals surface area contributed by atoms with Gasteiger partial charge in [0.2, 0.25) is 11.8 Å². The van der Waals surface area contributed by atoms with Crippen molar-refractivity contribution >= 4 is 29.4 Å². The molecular weight excluding hydrogens is 362 g/mol. The first-order valence-electron chi connectivity index (χ1n) is 9.57. The summed E-state index contributed by atoms with van der Waals surface area (Å²) in [4.78, 5) is 49.4. The lowest BCUT2D eigenvalue weighted by atomic mass is 10.1. The van der Waals surface area contributed by atoms with Gasteiger partial charge in [-0.2, -0.15) is 0 Å². The van der Waals surface area contributed by atoms with E-state index in [-0.39, 0.29) is 37.3 Å². The summed E-state index contributed by atoms with van der Waals surface area (Å²) in [5, 5.41) is 5.26. The van der Waals surface area contributed by atoms with Gasteiger partial charge < -0.3 is 20.3 Å². The molecule has 152 valence electrons. The quantitative estimate of drug-likeness (QED) is 0.624. The molecule has 0 spiro atoms. The van der Waals surface area contributed by atoms with Gasteiger partial charge in [0.1, 0.15) is 6.54 Å². The van der Waals surface area contributed by atoms with Crippen LogP contribution < -0.4 is 10.6 Å². The Labute approximate surface area is 164 Å². The van der Waals surface area contributed by atoms with Crippen LogP contribution in [0.15, 0.2) is 24.3 Å². The third kappa shape index (κ3) is 6.07. The van der Waals surface area contributed by atoms with Crippen LogP contribution in [-0.4, -0.2) is 54.8 Å². The largest absolute Gasteiger partial charge is 0.465 e. The standard InChI is InChI=1S/C20H27N3O5/c1-3-5-10-23-13-15(11-17(23)24)20(27)22-16-8-6-14(7-9-16)19(26)21-12-18(25)28-4-2/h6-9,15H,3-5,10-13H2,1-2H3,(H,21,26)(H,22,27). The highest BCUT2D eigenvalue weighted by atomic mass is 16.5.